The van der Waals surface area contributed by atoms with Gasteiger partial charge in [0.1, 0.15) is 5.75 Å². The molecule has 8 atom stereocenters. The standard InChI is InChI=1S/C22H25N3O8/c1-6-7-4-5-8(23)15(26)10(7)16(27)11-9(6)17(28)13-14(25(2)3)18(29)12(21(24)32)20(31)22(13,33)19(11)30/h4-6,9,11-14,17,26,28,33H,23H2,1-3H3,(H2,24,32)/t6-,9?,11?,12?,13?,14-,17-,22-/m0/s1. The quantitative estimate of drug-likeness (QED) is 0.187. The number of ketones is 4. The molecule has 0 saturated heterocycles. The van der Waals surface area contributed by atoms with Gasteiger partial charge in [-0.25, -0.2) is 0 Å². The number of Topliss-reactive ketones (excluding diaryl/α,β-unsaturated/α-hetero) is 4. The number of rotatable bonds is 2. The number of nitrogen functional groups attached to an aromatic ring is 1. The van der Waals surface area contributed by atoms with Crippen LogP contribution in [0.1, 0.15) is 28.8 Å². The van der Waals surface area contributed by atoms with Gasteiger partial charge < -0.3 is 26.8 Å². The Morgan fingerprint density at radius 1 is 1.12 bits per heavy atom. The third-order valence-corrected chi connectivity index (χ3v) is 7.52. The average Bonchev–Trinajstić information content (AvgIpc) is 2.72. The average molecular weight is 459 g/mol. The van der Waals surface area contributed by atoms with Crippen LogP contribution in [0, 0.1) is 23.7 Å². The van der Waals surface area contributed by atoms with E-state index in [4.69, 9.17) is 11.5 Å². The van der Waals surface area contributed by atoms with E-state index in [2.05, 4.69) is 0 Å². The Morgan fingerprint density at radius 2 is 1.73 bits per heavy atom. The summed E-state index contributed by atoms with van der Waals surface area (Å²) in [5, 5.41) is 33.3. The first kappa shape index (κ1) is 23.0. The van der Waals surface area contributed by atoms with Crippen molar-refractivity contribution in [1.29, 1.82) is 0 Å². The number of carbonyl (C=O) groups is 5. The van der Waals surface area contributed by atoms with Crippen LogP contribution in [0.15, 0.2) is 12.1 Å². The van der Waals surface area contributed by atoms with E-state index >= 15 is 0 Å². The molecule has 33 heavy (non-hydrogen) atoms. The second kappa shape index (κ2) is 7.17. The maximum Gasteiger partial charge on any atom is 0.235 e. The Kier molecular flexibility index (Phi) is 5.00. The molecule has 1 aromatic carbocycles. The minimum Gasteiger partial charge on any atom is -0.505 e. The molecule has 176 valence electrons. The lowest BCUT2D eigenvalue weighted by Gasteiger charge is -2.56. The van der Waals surface area contributed by atoms with Gasteiger partial charge in [-0.15, -0.1) is 0 Å². The van der Waals surface area contributed by atoms with E-state index in [1.54, 1.807) is 6.92 Å². The largest absolute Gasteiger partial charge is 0.505 e. The van der Waals surface area contributed by atoms with Crippen LogP contribution >= 0.6 is 0 Å². The fourth-order valence-corrected chi connectivity index (χ4v) is 6.01. The summed E-state index contributed by atoms with van der Waals surface area (Å²) in [7, 11) is 2.87. The molecular weight excluding hydrogens is 434 g/mol. The number of aromatic hydroxyl groups is 1. The Labute approximate surface area is 188 Å². The Balaban J connectivity index is 1.97. The lowest BCUT2D eigenvalue weighted by Crippen LogP contribution is -2.77. The number of phenolic OH excluding ortho intramolecular Hbond substituents is 1. The second-order valence-electron chi connectivity index (χ2n) is 9.33. The van der Waals surface area contributed by atoms with Crippen LogP contribution in [0.25, 0.3) is 0 Å². The van der Waals surface area contributed by atoms with Gasteiger partial charge >= 0.3 is 0 Å². The maximum absolute atomic E-state index is 13.7. The van der Waals surface area contributed by atoms with Crippen molar-refractivity contribution in [2.75, 3.05) is 19.8 Å². The molecule has 2 saturated carbocycles. The molecule has 0 radical (unpaired) electrons. The van der Waals surface area contributed by atoms with E-state index in [1.807, 2.05) is 0 Å². The Hall–Kier alpha value is -3.15. The van der Waals surface area contributed by atoms with Gasteiger partial charge in [-0.2, -0.15) is 0 Å². The molecule has 11 heteroatoms. The summed E-state index contributed by atoms with van der Waals surface area (Å²) in [6, 6.07) is 1.50. The number of aliphatic hydroxyl groups excluding tert-OH is 1. The predicted octanol–water partition coefficient (Wildman–Crippen LogP) is -2.02. The van der Waals surface area contributed by atoms with Crippen LogP contribution in [-0.4, -0.2) is 81.1 Å². The van der Waals surface area contributed by atoms with Crippen molar-refractivity contribution in [2.24, 2.45) is 29.4 Å². The summed E-state index contributed by atoms with van der Waals surface area (Å²) in [5.41, 5.74) is 7.98. The van der Waals surface area contributed by atoms with E-state index < -0.39 is 82.1 Å². The van der Waals surface area contributed by atoms with Gasteiger partial charge in [-0.3, -0.25) is 28.9 Å². The molecule has 1 aromatic rings. The molecule has 4 unspecified atom stereocenters. The van der Waals surface area contributed by atoms with Crippen LogP contribution in [0.3, 0.4) is 0 Å². The Bertz CT molecular complexity index is 1130. The van der Waals surface area contributed by atoms with E-state index in [0.29, 0.717) is 5.56 Å². The number of hydrogen-bond acceptors (Lipinski definition) is 10. The van der Waals surface area contributed by atoms with Gasteiger partial charge in [0, 0.05) is 5.92 Å². The highest BCUT2D eigenvalue weighted by Gasteiger charge is 2.72. The van der Waals surface area contributed by atoms with E-state index in [9.17, 15) is 39.3 Å². The summed E-state index contributed by atoms with van der Waals surface area (Å²) in [5.74, 6) is -13.6. The number of anilines is 1. The molecule has 2 fully saturated rings. The zero-order chi connectivity index (χ0) is 24.7. The zero-order valence-corrected chi connectivity index (χ0v) is 18.2. The number of fused-ring (bicyclic) bond motifs is 3. The van der Waals surface area contributed by atoms with Crippen LogP contribution in [0.5, 0.6) is 5.75 Å². The van der Waals surface area contributed by atoms with Crippen LogP contribution in [0.4, 0.5) is 5.69 Å². The monoisotopic (exact) mass is 459 g/mol. The molecule has 1 amide bonds. The minimum atomic E-state index is -3.01. The maximum atomic E-state index is 13.7. The highest BCUT2D eigenvalue weighted by molar-refractivity contribution is 6.32. The lowest BCUT2D eigenvalue weighted by molar-refractivity contribution is -0.196. The molecule has 0 heterocycles. The first-order valence-electron chi connectivity index (χ1n) is 10.4. The number of carbonyl (C=O) groups excluding carboxylic acids is 5. The number of likely N-dealkylation sites (N-methyl/N-ethyl adjacent to an activating group) is 1. The van der Waals surface area contributed by atoms with Crippen molar-refractivity contribution in [3.05, 3.63) is 23.3 Å². The molecule has 3 aliphatic rings. The number of aliphatic hydroxyl groups is 2. The topological polar surface area (TPSA) is 201 Å². The first-order chi connectivity index (χ1) is 15.3. The summed E-state index contributed by atoms with van der Waals surface area (Å²) in [4.78, 5) is 66.6. The van der Waals surface area contributed by atoms with Gasteiger partial charge in [0.2, 0.25) is 5.91 Å². The number of nitrogens with zero attached hydrogens (tertiary/aromatic N) is 1. The molecule has 7 N–H and O–H groups in total. The van der Waals surface area contributed by atoms with Crippen molar-refractivity contribution >= 4 is 34.7 Å². The molecule has 0 aromatic heterocycles. The number of benzene rings is 1. The number of amides is 1. The lowest BCUT2D eigenvalue weighted by atomic mass is 9.49. The van der Waals surface area contributed by atoms with E-state index in [-0.39, 0.29) is 11.3 Å². The Morgan fingerprint density at radius 3 is 2.27 bits per heavy atom. The second-order valence-corrected chi connectivity index (χ2v) is 9.33. The minimum absolute atomic E-state index is 0.103. The number of hydrogen-bond donors (Lipinski definition) is 5. The first-order valence-corrected chi connectivity index (χ1v) is 10.4. The SMILES string of the molecule is C[C@H]1c2ccc(N)c(O)c2C(=O)C2C(=O)[C@]3(O)C(=O)C(C(N)=O)C(=O)[C@@H](N(C)C)C3[C@@H](O)C21. The molecule has 0 bridgehead atoms. The van der Waals surface area contributed by atoms with Crippen molar-refractivity contribution in [1.82, 2.24) is 4.90 Å². The van der Waals surface area contributed by atoms with Gasteiger partial charge in [-0.05, 0) is 31.6 Å². The molecule has 3 aliphatic carbocycles. The van der Waals surface area contributed by atoms with Gasteiger partial charge in [0.25, 0.3) is 0 Å². The number of primary amides is 1. The third-order valence-electron chi connectivity index (χ3n) is 7.52. The normalized spacial score (nSPS) is 38.1. The van der Waals surface area contributed by atoms with E-state index in [1.165, 1.54) is 31.1 Å². The third kappa shape index (κ3) is 2.69. The highest BCUT2D eigenvalue weighted by atomic mass is 16.3. The summed E-state index contributed by atoms with van der Waals surface area (Å²) >= 11 is 0. The van der Waals surface area contributed by atoms with Crippen LogP contribution in [-0.2, 0) is 19.2 Å². The van der Waals surface area contributed by atoms with Crippen LogP contribution < -0.4 is 11.5 Å². The smallest absolute Gasteiger partial charge is 0.235 e. The van der Waals surface area contributed by atoms with Gasteiger partial charge in [0.05, 0.1) is 35.2 Å². The van der Waals surface area contributed by atoms with Gasteiger partial charge in [-0.1, -0.05) is 13.0 Å². The molecular formula is C22H25N3O8. The molecule has 0 aliphatic heterocycles. The molecule has 4 rings (SSSR count). The van der Waals surface area contributed by atoms with Crippen LogP contribution in [0.2, 0.25) is 0 Å². The van der Waals surface area contributed by atoms with Gasteiger partial charge in [0.15, 0.2) is 34.7 Å². The summed E-state index contributed by atoms with van der Waals surface area (Å²) in [6.45, 7) is 1.63. The van der Waals surface area contributed by atoms with Crippen molar-refractivity contribution in [3.8, 4) is 5.75 Å². The molecule has 11 nitrogen and oxygen atoms in total. The number of phenols is 1. The number of nitrogens with two attached hydrogens (primary N) is 2. The molecule has 0 spiro atoms. The predicted molar refractivity (Wildman–Crippen MR) is 112 cm³/mol. The van der Waals surface area contributed by atoms with E-state index in [0.717, 1.165) is 0 Å². The van der Waals surface area contributed by atoms with Crippen molar-refractivity contribution < 1.29 is 39.3 Å². The summed E-state index contributed by atoms with van der Waals surface area (Å²) in [6.07, 6.45) is -1.65. The van der Waals surface area contributed by atoms with Crippen molar-refractivity contribution in [2.45, 2.75) is 30.6 Å². The fourth-order valence-electron chi connectivity index (χ4n) is 6.01. The summed E-state index contributed by atoms with van der Waals surface area (Å²) < 4.78 is 0. The fraction of sp³-hybridized carbons (Fsp3) is 0.500. The zero-order valence-electron chi connectivity index (χ0n) is 18.2. The highest BCUT2D eigenvalue weighted by Crippen LogP contribution is 2.54. The van der Waals surface area contributed by atoms with Crippen molar-refractivity contribution in [3.63, 3.8) is 0 Å².